The minimum atomic E-state index is -4.78. The lowest BCUT2D eigenvalue weighted by Gasteiger charge is -2.17. The summed E-state index contributed by atoms with van der Waals surface area (Å²) in [5.41, 5.74) is -2.44. The molecule has 0 aromatic carbocycles. The van der Waals surface area contributed by atoms with Crippen LogP contribution in [0.5, 0.6) is 0 Å². The van der Waals surface area contributed by atoms with Gasteiger partial charge >= 0.3 is 6.18 Å². The van der Waals surface area contributed by atoms with E-state index in [-0.39, 0.29) is 34.7 Å². The first kappa shape index (κ1) is 18.3. The maximum absolute atomic E-state index is 13.3. The Bertz CT molecular complexity index is 865. The third kappa shape index (κ3) is 3.55. The first-order chi connectivity index (χ1) is 11.2. The van der Waals surface area contributed by atoms with E-state index in [1.165, 1.54) is 19.1 Å². The average molecular weight is 376 g/mol. The molecule has 0 aliphatic carbocycles. The minimum Gasteiger partial charge on any atom is -0.281 e. The maximum atomic E-state index is 13.3. The van der Waals surface area contributed by atoms with Gasteiger partial charge in [-0.05, 0) is 18.6 Å². The Morgan fingerprint density at radius 2 is 1.83 bits per heavy atom. The number of aromatic nitrogens is 3. The molecule has 2 heterocycles. The standard InChI is InChI=1S/C15H10Cl2F3N3O/c1-3-5-23-13(8-6-10(16)21-11(17)7-8)22-12(15(18,19)20)9(4-2)14(23)24/h1,6-7H,4-5H2,2H3. The number of nitrogens with zero attached hydrogens (tertiary/aromatic N) is 3. The summed E-state index contributed by atoms with van der Waals surface area (Å²) in [6.45, 7) is 1.19. The average Bonchev–Trinajstić information content (AvgIpc) is 2.46. The van der Waals surface area contributed by atoms with Gasteiger partial charge in [0.2, 0.25) is 0 Å². The molecular formula is C15H10Cl2F3N3O. The molecule has 4 nitrogen and oxygen atoms in total. The molecule has 2 rings (SSSR count). The van der Waals surface area contributed by atoms with E-state index in [0.717, 1.165) is 4.57 Å². The Morgan fingerprint density at radius 1 is 1.25 bits per heavy atom. The summed E-state index contributed by atoms with van der Waals surface area (Å²) in [6, 6.07) is 2.52. The number of rotatable bonds is 3. The predicted molar refractivity (Wildman–Crippen MR) is 85.0 cm³/mol. The number of halogens is 5. The third-order valence-electron chi connectivity index (χ3n) is 3.16. The van der Waals surface area contributed by atoms with Crippen LogP contribution in [0, 0.1) is 12.3 Å². The molecule has 0 aliphatic rings. The lowest BCUT2D eigenvalue weighted by Crippen LogP contribution is -2.31. The number of hydrogen-bond donors (Lipinski definition) is 0. The number of terminal acetylenes is 1. The highest BCUT2D eigenvalue weighted by atomic mass is 35.5. The lowest BCUT2D eigenvalue weighted by molar-refractivity contribution is -0.142. The molecule has 0 saturated heterocycles. The number of alkyl halides is 3. The minimum absolute atomic E-state index is 0.0490. The van der Waals surface area contributed by atoms with Crippen LogP contribution in [0.3, 0.4) is 0 Å². The van der Waals surface area contributed by atoms with Crippen molar-refractivity contribution in [1.29, 1.82) is 0 Å². The van der Waals surface area contributed by atoms with Gasteiger partial charge in [-0.2, -0.15) is 13.2 Å². The Balaban J connectivity index is 2.90. The van der Waals surface area contributed by atoms with E-state index in [1.54, 1.807) is 0 Å². The molecule has 0 bridgehead atoms. The fourth-order valence-electron chi connectivity index (χ4n) is 2.20. The van der Waals surface area contributed by atoms with E-state index in [0.29, 0.717) is 0 Å². The van der Waals surface area contributed by atoms with E-state index in [2.05, 4.69) is 15.9 Å². The smallest absolute Gasteiger partial charge is 0.281 e. The lowest BCUT2D eigenvalue weighted by atomic mass is 10.1. The molecule has 0 spiro atoms. The van der Waals surface area contributed by atoms with Crippen molar-refractivity contribution in [3.63, 3.8) is 0 Å². The van der Waals surface area contributed by atoms with Crippen LogP contribution in [0.25, 0.3) is 11.4 Å². The molecule has 9 heteroatoms. The van der Waals surface area contributed by atoms with Crippen molar-refractivity contribution < 1.29 is 13.2 Å². The zero-order valence-electron chi connectivity index (χ0n) is 12.3. The monoisotopic (exact) mass is 375 g/mol. The summed E-state index contributed by atoms with van der Waals surface area (Å²) in [7, 11) is 0. The SMILES string of the molecule is C#CCn1c(-c2cc(Cl)nc(Cl)c2)nc(C(F)(F)F)c(CC)c1=O. The molecule has 0 N–H and O–H groups in total. The predicted octanol–water partition coefficient (Wildman–Crippen LogP) is 3.83. The molecule has 2 aromatic rings. The van der Waals surface area contributed by atoms with Crippen LogP contribution >= 0.6 is 23.2 Å². The second-order valence-electron chi connectivity index (χ2n) is 4.71. The second-order valence-corrected chi connectivity index (χ2v) is 5.49. The number of pyridine rings is 1. The molecule has 0 radical (unpaired) electrons. The third-order valence-corrected chi connectivity index (χ3v) is 3.54. The normalized spacial score (nSPS) is 11.4. The van der Waals surface area contributed by atoms with E-state index in [9.17, 15) is 18.0 Å². The largest absolute Gasteiger partial charge is 0.433 e. The molecule has 126 valence electrons. The quantitative estimate of drug-likeness (QED) is 0.605. The zero-order chi connectivity index (χ0) is 18.1. The van der Waals surface area contributed by atoms with E-state index < -0.39 is 23.0 Å². The topological polar surface area (TPSA) is 47.8 Å². The van der Waals surface area contributed by atoms with Crippen molar-refractivity contribution in [2.24, 2.45) is 0 Å². The van der Waals surface area contributed by atoms with Crippen LogP contribution in [0.15, 0.2) is 16.9 Å². The van der Waals surface area contributed by atoms with E-state index in [4.69, 9.17) is 29.6 Å². The van der Waals surface area contributed by atoms with Gasteiger partial charge in [-0.3, -0.25) is 9.36 Å². The Kier molecular flexibility index (Phi) is 5.21. The van der Waals surface area contributed by atoms with Crippen LogP contribution in [0.4, 0.5) is 13.2 Å². The van der Waals surface area contributed by atoms with E-state index >= 15 is 0 Å². The van der Waals surface area contributed by atoms with Gasteiger partial charge in [0.15, 0.2) is 5.69 Å². The van der Waals surface area contributed by atoms with Crippen LogP contribution in [-0.2, 0) is 19.1 Å². The first-order valence-corrected chi connectivity index (χ1v) is 7.42. The van der Waals surface area contributed by atoms with Crippen molar-refractivity contribution >= 4 is 23.2 Å². The van der Waals surface area contributed by atoms with Gasteiger partial charge in [-0.1, -0.05) is 36.0 Å². The summed E-state index contributed by atoms with van der Waals surface area (Å²) in [6.07, 6.45) is 0.309. The summed E-state index contributed by atoms with van der Waals surface area (Å²) in [4.78, 5) is 19.8. The van der Waals surface area contributed by atoms with Crippen molar-refractivity contribution in [2.45, 2.75) is 26.1 Å². The van der Waals surface area contributed by atoms with Gasteiger partial charge in [0.25, 0.3) is 5.56 Å². The maximum Gasteiger partial charge on any atom is 0.433 e. The fraction of sp³-hybridized carbons (Fsp3) is 0.267. The second kappa shape index (κ2) is 6.83. The van der Waals surface area contributed by atoms with Gasteiger partial charge in [-0.25, -0.2) is 9.97 Å². The van der Waals surface area contributed by atoms with E-state index in [1.807, 2.05) is 0 Å². The molecule has 0 saturated carbocycles. The summed E-state index contributed by atoms with van der Waals surface area (Å²) < 4.78 is 40.8. The molecule has 0 fully saturated rings. The van der Waals surface area contributed by atoms with Crippen molar-refractivity contribution in [3.05, 3.63) is 44.1 Å². The van der Waals surface area contributed by atoms with Crippen molar-refractivity contribution in [3.8, 4) is 23.7 Å². The molecule has 0 amide bonds. The molecule has 0 atom stereocenters. The van der Waals surface area contributed by atoms with Crippen LogP contribution < -0.4 is 5.56 Å². The van der Waals surface area contributed by atoms with Crippen molar-refractivity contribution in [2.75, 3.05) is 0 Å². The summed E-state index contributed by atoms with van der Waals surface area (Å²) in [5.74, 6) is 1.96. The molecule has 24 heavy (non-hydrogen) atoms. The molecule has 2 aromatic heterocycles. The van der Waals surface area contributed by atoms with Crippen molar-refractivity contribution in [1.82, 2.24) is 14.5 Å². The Morgan fingerprint density at radius 3 is 2.29 bits per heavy atom. The molecule has 0 unspecified atom stereocenters. The van der Waals surface area contributed by atoms with Gasteiger partial charge in [-0.15, -0.1) is 6.42 Å². The van der Waals surface area contributed by atoms with Crippen LogP contribution in [0.1, 0.15) is 18.2 Å². The zero-order valence-corrected chi connectivity index (χ0v) is 13.8. The summed E-state index contributed by atoms with van der Waals surface area (Å²) in [5, 5.41) is -0.0979. The molecule has 0 aliphatic heterocycles. The highest BCUT2D eigenvalue weighted by Crippen LogP contribution is 2.32. The van der Waals surface area contributed by atoms with Gasteiger partial charge in [0, 0.05) is 11.1 Å². The van der Waals surface area contributed by atoms with Crippen LogP contribution in [-0.4, -0.2) is 14.5 Å². The van der Waals surface area contributed by atoms with Crippen LogP contribution in [0.2, 0.25) is 10.3 Å². The number of hydrogen-bond acceptors (Lipinski definition) is 3. The fourth-order valence-corrected chi connectivity index (χ4v) is 2.66. The summed E-state index contributed by atoms with van der Waals surface area (Å²) >= 11 is 11.6. The highest BCUT2D eigenvalue weighted by molar-refractivity contribution is 6.32. The van der Waals surface area contributed by atoms with Gasteiger partial charge in [0.1, 0.15) is 16.1 Å². The Labute approximate surface area is 145 Å². The first-order valence-electron chi connectivity index (χ1n) is 6.66. The highest BCUT2D eigenvalue weighted by Gasteiger charge is 2.37. The molecular weight excluding hydrogens is 366 g/mol. The van der Waals surface area contributed by atoms with Gasteiger partial charge in [0.05, 0.1) is 6.54 Å². The van der Waals surface area contributed by atoms with Gasteiger partial charge < -0.3 is 0 Å². The Hall–Kier alpha value is -2.04.